The topological polar surface area (TPSA) is 96.5 Å². The lowest BCUT2D eigenvalue weighted by molar-refractivity contribution is 0.175. The van der Waals surface area contributed by atoms with Gasteiger partial charge in [0, 0.05) is 25.3 Å². The Labute approximate surface area is 135 Å². The summed E-state index contributed by atoms with van der Waals surface area (Å²) in [5, 5.41) is 18.8. The van der Waals surface area contributed by atoms with Gasteiger partial charge in [0.2, 0.25) is 0 Å². The monoisotopic (exact) mass is 333 g/mol. The van der Waals surface area contributed by atoms with Crippen molar-refractivity contribution in [2.75, 3.05) is 11.9 Å². The maximum Gasteiger partial charge on any atom is 0.419 e. The Morgan fingerprint density at radius 2 is 2.26 bits per heavy atom. The fourth-order valence-electron chi connectivity index (χ4n) is 2.16. The smallest absolute Gasteiger partial charge is 0.408 e. The summed E-state index contributed by atoms with van der Waals surface area (Å²) >= 11 is 1.48. The third-order valence-electron chi connectivity index (χ3n) is 3.43. The number of thiophene rings is 1. The van der Waals surface area contributed by atoms with Gasteiger partial charge in [-0.2, -0.15) is 11.3 Å². The number of amides is 2. The molecule has 1 aromatic carbocycles. The molecule has 7 nitrogen and oxygen atoms in total. The lowest BCUT2D eigenvalue weighted by atomic mass is 10.2. The molecule has 8 heteroatoms. The summed E-state index contributed by atoms with van der Waals surface area (Å²) in [6, 6.07) is 6.30. The van der Waals surface area contributed by atoms with Crippen LogP contribution in [0.4, 0.5) is 10.5 Å². The molecule has 2 heterocycles. The Balaban J connectivity index is 1.62. The average molecular weight is 333 g/mol. The number of aryl methyl sites for hydroxylation is 1. The van der Waals surface area contributed by atoms with Crippen molar-refractivity contribution in [3.05, 3.63) is 51.1 Å². The maximum atomic E-state index is 11.9. The zero-order chi connectivity index (χ0) is 16.4. The van der Waals surface area contributed by atoms with Crippen molar-refractivity contribution in [2.24, 2.45) is 7.05 Å². The van der Waals surface area contributed by atoms with E-state index in [1.165, 1.54) is 15.9 Å². The third-order valence-corrected chi connectivity index (χ3v) is 4.14. The largest absolute Gasteiger partial charge is 0.419 e. The van der Waals surface area contributed by atoms with Crippen molar-refractivity contribution in [2.45, 2.75) is 6.10 Å². The number of anilines is 1. The highest BCUT2D eigenvalue weighted by molar-refractivity contribution is 7.07. The summed E-state index contributed by atoms with van der Waals surface area (Å²) in [7, 11) is 1.61. The van der Waals surface area contributed by atoms with Gasteiger partial charge >= 0.3 is 11.8 Å². The second kappa shape index (κ2) is 6.27. The number of oxazole rings is 1. The fourth-order valence-corrected chi connectivity index (χ4v) is 2.87. The average Bonchev–Trinajstić information content (AvgIpc) is 3.14. The Morgan fingerprint density at radius 3 is 3.00 bits per heavy atom. The summed E-state index contributed by atoms with van der Waals surface area (Å²) < 4.78 is 6.45. The van der Waals surface area contributed by atoms with Crippen LogP contribution in [0.25, 0.3) is 11.1 Å². The number of urea groups is 1. The van der Waals surface area contributed by atoms with E-state index < -0.39 is 17.9 Å². The molecule has 0 aliphatic heterocycles. The van der Waals surface area contributed by atoms with Crippen LogP contribution in [0.1, 0.15) is 11.7 Å². The highest BCUT2D eigenvalue weighted by Gasteiger charge is 2.11. The summed E-state index contributed by atoms with van der Waals surface area (Å²) in [5.74, 6) is -0.458. The van der Waals surface area contributed by atoms with Gasteiger partial charge in [0.25, 0.3) is 0 Å². The zero-order valence-corrected chi connectivity index (χ0v) is 13.1. The molecule has 3 rings (SSSR count). The second-order valence-corrected chi connectivity index (χ2v) is 5.80. The fraction of sp³-hybridized carbons (Fsp3) is 0.200. The predicted molar refractivity (Wildman–Crippen MR) is 87.8 cm³/mol. The molecule has 3 aromatic rings. The number of aliphatic hydroxyl groups excluding tert-OH is 1. The molecule has 0 aliphatic rings. The van der Waals surface area contributed by atoms with Gasteiger partial charge in [-0.3, -0.25) is 4.57 Å². The van der Waals surface area contributed by atoms with Gasteiger partial charge in [-0.1, -0.05) is 0 Å². The molecule has 0 bridgehead atoms. The second-order valence-electron chi connectivity index (χ2n) is 5.02. The molecule has 0 saturated heterocycles. The van der Waals surface area contributed by atoms with Crippen LogP contribution in [0, 0.1) is 0 Å². The van der Waals surface area contributed by atoms with Gasteiger partial charge in [0.05, 0.1) is 11.6 Å². The zero-order valence-electron chi connectivity index (χ0n) is 12.3. The number of hydrogen-bond acceptors (Lipinski definition) is 5. The van der Waals surface area contributed by atoms with Crippen LogP contribution >= 0.6 is 11.3 Å². The lowest BCUT2D eigenvalue weighted by Crippen LogP contribution is -2.32. The van der Waals surface area contributed by atoms with E-state index in [1.54, 1.807) is 31.3 Å². The minimum absolute atomic E-state index is 0.102. The van der Waals surface area contributed by atoms with Crippen molar-refractivity contribution in [3.63, 3.8) is 0 Å². The molecule has 1 atom stereocenters. The van der Waals surface area contributed by atoms with E-state index in [4.69, 9.17) is 4.42 Å². The standard InChI is InChI=1S/C15H15N3O4S/c1-18-11-3-2-10(6-13(11)22-15(18)21)17-14(20)16-7-12(19)9-4-5-23-8-9/h2-6,8,12,19H,7H2,1H3,(H2,16,17,20). The number of fused-ring (bicyclic) bond motifs is 1. The number of nitrogens with one attached hydrogen (secondary N) is 2. The molecule has 120 valence electrons. The molecule has 0 spiro atoms. The lowest BCUT2D eigenvalue weighted by Gasteiger charge is -2.11. The Kier molecular flexibility index (Phi) is 4.18. The van der Waals surface area contributed by atoms with Crippen LogP contribution in [0.3, 0.4) is 0 Å². The number of benzene rings is 1. The summed E-state index contributed by atoms with van der Waals surface area (Å²) in [4.78, 5) is 23.3. The van der Waals surface area contributed by atoms with Crippen molar-refractivity contribution in [1.29, 1.82) is 0 Å². The number of aromatic nitrogens is 1. The Hall–Kier alpha value is -2.58. The highest BCUT2D eigenvalue weighted by atomic mass is 32.1. The molecular formula is C15H15N3O4S. The Morgan fingerprint density at radius 1 is 1.43 bits per heavy atom. The maximum absolute atomic E-state index is 11.9. The van der Waals surface area contributed by atoms with Gasteiger partial charge in [-0.05, 0) is 34.5 Å². The molecule has 2 amide bonds. The molecule has 1 unspecified atom stereocenters. The minimum atomic E-state index is -0.748. The van der Waals surface area contributed by atoms with Crippen molar-refractivity contribution >= 4 is 34.2 Å². The van der Waals surface area contributed by atoms with Crippen molar-refractivity contribution < 1.29 is 14.3 Å². The number of aliphatic hydroxyl groups is 1. The van der Waals surface area contributed by atoms with Crippen molar-refractivity contribution in [3.8, 4) is 0 Å². The Bertz CT molecular complexity index is 882. The number of hydrogen-bond donors (Lipinski definition) is 3. The van der Waals surface area contributed by atoms with Gasteiger partial charge in [-0.15, -0.1) is 0 Å². The number of nitrogens with zero attached hydrogens (tertiary/aromatic N) is 1. The van der Waals surface area contributed by atoms with E-state index >= 15 is 0 Å². The van der Waals surface area contributed by atoms with Crippen molar-refractivity contribution in [1.82, 2.24) is 9.88 Å². The van der Waals surface area contributed by atoms with Gasteiger partial charge in [0.1, 0.15) is 0 Å². The van der Waals surface area contributed by atoms with Gasteiger partial charge in [-0.25, -0.2) is 9.59 Å². The van der Waals surface area contributed by atoms with Gasteiger partial charge < -0.3 is 20.2 Å². The van der Waals surface area contributed by atoms with Crippen LogP contribution in [0.15, 0.2) is 44.2 Å². The molecule has 3 N–H and O–H groups in total. The molecular weight excluding hydrogens is 318 g/mol. The first kappa shape index (κ1) is 15.3. The van der Waals surface area contributed by atoms with E-state index in [1.807, 2.05) is 10.8 Å². The molecule has 0 radical (unpaired) electrons. The predicted octanol–water partition coefficient (Wildman–Crippen LogP) is 2.05. The van der Waals surface area contributed by atoms with E-state index in [-0.39, 0.29) is 6.54 Å². The van der Waals surface area contributed by atoms with Crippen LogP contribution < -0.4 is 16.4 Å². The van der Waals surface area contributed by atoms with E-state index in [9.17, 15) is 14.7 Å². The molecule has 0 fully saturated rings. The molecule has 0 saturated carbocycles. The van der Waals surface area contributed by atoms with E-state index in [0.29, 0.717) is 16.8 Å². The summed E-state index contributed by atoms with van der Waals surface area (Å²) in [6.07, 6.45) is -0.748. The van der Waals surface area contributed by atoms with E-state index in [2.05, 4.69) is 10.6 Å². The number of carbonyl (C=O) groups excluding carboxylic acids is 1. The third kappa shape index (κ3) is 3.27. The summed E-state index contributed by atoms with van der Waals surface area (Å²) in [6.45, 7) is 0.102. The number of rotatable bonds is 4. The minimum Gasteiger partial charge on any atom is -0.408 e. The first-order chi connectivity index (χ1) is 11.0. The van der Waals surface area contributed by atoms with Crippen LogP contribution in [0.5, 0.6) is 0 Å². The van der Waals surface area contributed by atoms with E-state index in [0.717, 1.165) is 5.56 Å². The molecule has 0 aliphatic carbocycles. The quantitative estimate of drug-likeness (QED) is 0.681. The van der Waals surface area contributed by atoms with Crippen LogP contribution in [0.2, 0.25) is 0 Å². The highest BCUT2D eigenvalue weighted by Crippen LogP contribution is 2.18. The van der Waals surface area contributed by atoms with Crippen LogP contribution in [-0.4, -0.2) is 22.2 Å². The summed E-state index contributed by atoms with van der Waals surface area (Å²) in [5.41, 5.74) is 2.31. The SMILES string of the molecule is Cn1c(=O)oc2cc(NC(=O)NCC(O)c3ccsc3)ccc21. The van der Waals surface area contributed by atoms with Gasteiger partial charge in [0.15, 0.2) is 5.58 Å². The number of carbonyl (C=O) groups is 1. The van der Waals surface area contributed by atoms with Crippen LogP contribution in [-0.2, 0) is 7.05 Å². The first-order valence-electron chi connectivity index (χ1n) is 6.89. The first-order valence-corrected chi connectivity index (χ1v) is 7.83. The normalized spacial score (nSPS) is 12.3. The molecule has 2 aromatic heterocycles. The molecule has 23 heavy (non-hydrogen) atoms.